The number of carbonyl (C=O) groups excluding carboxylic acids is 1. The molecule has 4 heteroatoms. The molecule has 1 unspecified atom stereocenters. The number of carbonyl (C=O) groups is 1. The van der Waals surface area contributed by atoms with Gasteiger partial charge in [-0.2, -0.15) is 0 Å². The van der Waals surface area contributed by atoms with Crippen LogP contribution in [0.15, 0.2) is 4.52 Å². The summed E-state index contributed by atoms with van der Waals surface area (Å²) in [7, 11) is 1.37. The molecule has 0 aliphatic rings. The molecule has 1 rings (SSSR count). The van der Waals surface area contributed by atoms with Crippen LogP contribution in [-0.2, 0) is 9.53 Å². The van der Waals surface area contributed by atoms with Crippen molar-refractivity contribution in [3.63, 3.8) is 0 Å². The minimum atomic E-state index is -0.309. The smallest absolute Gasteiger partial charge is 0.313 e. The molecule has 1 aromatic heterocycles. The first-order chi connectivity index (χ1) is 6.07. The van der Waals surface area contributed by atoms with E-state index in [2.05, 4.69) is 9.89 Å². The van der Waals surface area contributed by atoms with Crippen LogP contribution in [0.1, 0.15) is 29.9 Å². The van der Waals surface area contributed by atoms with Crippen LogP contribution < -0.4 is 0 Å². The number of hydrogen-bond acceptors (Lipinski definition) is 4. The molecule has 0 saturated carbocycles. The maximum atomic E-state index is 11.2. The highest BCUT2D eigenvalue weighted by molar-refractivity contribution is 5.78. The predicted octanol–water partition coefficient (Wildman–Crippen LogP) is 1.57. The van der Waals surface area contributed by atoms with Gasteiger partial charge in [0.1, 0.15) is 5.76 Å². The lowest BCUT2D eigenvalue weighted by Gasteiger charge is -2.07. The lowest BCUT2D eigenvalue weighted by Crippen LogP contribution is -2.12. The summed E-state index contributed by atoms with van der Waals surface area (Å²) in [6, 6.07) is 0. The van der Waals surface area contributed by atoms with Crippen LogP contribution >= 0.6 is 0 Å². The Morgan fingerprint density at radius 1 is 1.54 bits per heavy atom. The Hall–Kier alpha value is -1.32. The molecule has 0 saturated heterocycles. The van der Waals surface area contributed by atoms with Crippen molar-refractivity contribution >= 4 is 5.97 Å². The first-order valence-electron chi connectivity index (χ1n) is 4.08. The number of methoxy groups -OCH3 is 1. The summed E-state index contributed by atoms with van der Waals surface area (Å²) < 4.78 is 9.59. The molecule has 72 valence electrons. The van der Waals surface area contributed by atoms with Crippen molar-refractivity contribution in [3.8, 4) is 0 Å². The van der Waals surface area contributed by atoms with Gasteiger partial charge in [-0.05, 0) is 20.8 Å². The van der Waals surface area contributed by atoms with Gasteiger partial charge in [0.15, 0.2) is 0 Å². The molecule has 0 N–H and O–H groups in total. The standard InChI is InChI=1S/C9H13NO3/c1-5(9(11)12-4)8-6(2)10-13-7(8)3/h5H,1-4H3. The van der Waals surface area contributed by atoms with Crippen molar-refractivity contribution in [2.45, 2.75) is 26.7 Å². The SMILES string of the molecule is COC(=O)C(C)c1c(C)noc1C. The third kappa shape index (κ3) is 1.71. The lowest BCUT2D eigenvalue weighted by molar-refractivity contribution is -0.142. The van der Waals surface area contributed by atoms with E-state index in [4.69, 9.17) is 4.52 Å². The lowest BCUT2D eigenvalue weighted by atomic mass is 10.00. The number of rotatable bonds is 2. The van der Waals surface area contributed by atoms with Gasteiger partial charge in [0.2, 0.25) is 0 Å². The average Bonchev–Trinajstić information content (AvgIpc) is 2.44. The zero-order chi connectivity index (χ0) is 10.0. The first-order valence-corrected chi connectivity index (χ1v) is 4.08. The highest BCUT2D eigenvalue weighted by Crippen LogP contribution is 2.23. The van der Waals surface area contributed by atoms with E-state index in [0.717, 1.165) is 11.3 Å². The van der Waals surface area contributed by atoms with Crippen LogP contribution in [0.3, 0.4) is 0 Å². The number of esters is 1. The van der Waals surface area contributed by atoms with E-state index in [1.54, 1.807) is 13.8 Å². The Morgan fingerprint density at radius 3 is 2.54 bits per heavy atom. The highest BCUT2D eigenvalue weighted by Gasteiger charge is 2.23. The van der Waals surface area contributed by atoms with E-state index in [-0.39, 0.29) is 11.9 Å². The zero-order valence-corrected chi connectivity index (χ0v) is 8.25. The van der Waals surface area contributed by atoms with Gasteiger partial charge < -0.3 is 9.26 Å². The Bertz CT molecular complexity index is 297. The molecule has 0 spiro atoms. The van der Waals surface area contributed by atoms with Crippen molar-refractivity contribution < 1.29 is 14.1 Å². The number of hydrogen-bond donors (Lipinski definition) is 0. The van der Waals surface area contributed by atoms with Crippen LogP contribution in [0.4, 0.5) is 0 Å². The molecule has 1 atom stereocenters. The fraction of sp³-hybridized carbons (Fsp3) is 0.556. The molecule has 1 heterocycles. The predicted molar refractivity (Wildman–Crippen MR) is 46.4 cm³/mol. The van der Waals surface area contributed by atoms with Crippen molar-refractivity contribution in [1.82, 2.24) is 5.16 Å². The summed E-state index contributed by atoms with van der Waals surface area (Å²) >= 11 is 0. The molecule has 0 bridgehead atoms. The van der Waals surface area contributed by atoms with Crippen molar-refractivity contribution in [2.75, 3.05) is 7.11 Å². The summed E-state index contributed by atoms with van der Waals surface area (Å²) in [5.41, 5.74) is 1.57. The van der Waals surface area contributed by atoms with E-state index in [1.165, 1.54) is 7.11 Å². The second-order valence-electron chi connectivity index (χ2n) is 2.98. The van der Waals surface area contributed by atoms with Gasteiger partial charge in [-0.25, -0.2) is 0 Å². The van der Waals surface area contributed by atoms with Crippen LogP contribution in [0.5, 0.6) is 0 Å². The van der Waals surface area contributed by atoms with Crippen LogP contribution in [0.2, 0.25) is 0 Å². The molecule has 0 aliphatic carbocycles. The van der Waals surface area contributed by atoms with E-state index >= 15 is 0 Å². The maximum absolute atomic E-state index is 11.2. The fourth-order valence-corrected chi connectivity index (χ4v) is 1.40. The molecule has 13 heavy (non-hydrogen) atoms. The minimum Gasteiger partial charge on any atom is -0.469 e. The second kappa shape index (κ2) is 3.60. The number of ether oxygens (including phenoxy) is 1. The summed E-state index contributed by atoms with van der Waals surface area (Å²) in [6.07, 6.45) is 0. The average molecular weight is 183 g/mol. The van der Waals surface area contributed by atoms with Crippen LogP contribution in [0.25, 0.3) is 0 Å². The van der Waals surface area contributed by atoms with E-state index in [1.807, 2.05) is 6.92 Å². The summed E-state index contributed by atoms with van der Waals surface area (Å²) in [5, 5.41) is 3.77. The first kappa shape index (κ1) is 9.77. The zero-order valence-electron chi connectivity index (χ0n) is 8.25. The van der Waals surface area contributed by atoms with E-state index in [0.29, 0.717) is 5.76 Å². The van der Waals surface area contributed by atoms with E-state index in [9.17, 15) is 4.79 Å². The summed E-state index contributed by atoms with van der Waals surface area (Å²) in [6.45, 7) is 5.37. The van der Waals surface area contributed by atoms with Crippen molar-refractivity contribution in [2.24, 2.45) is 0 Å². The molecular formula is C9H13NO3. The Morgan fingerprint density at radius 2 is 2.15 bits per heavy atom. The number of aryl methyl sites for hydroxylation is 2. The molecule has 0 radical (unpaired) electrons. The van der Waals surface area contributed by atoms with Gasteiger partial charge in [0.05, 0.1) is 18.7 Å². The van der Waals surface area contributed by atoms with Gasteiger partial charge in [0.25, 0.3) is 0 Å². The summed E-state index contributed by atoms with van der Waals surface area (Å²) in [4.78, 5) is 11.2. The molecule has 0 amide bonds. The van der Waals surface area contributed by atoms with Gasteiger partial charge in [-0.15, -0.1) is 0 Å². The molecule has 0 aliphatic heterocycles. The Balaban J connectivity index is 3.00. The largest absolute Gasteiger partial charge is 0.469 e. The third-order valence-electron chi connectivity index (χ3n) is 2.08. The minimum absolute atomic E-state index is 0.269. The molecule has 1 aromatic rings. The van der Waals surface area contributed by atoms with Gasteiger partial charge in [-0.1, -0.05) is 5.16 Å². The number of nitrogens with zero attached hydrogens (tertiary/aromatic N) is 1. The third-order valence-corrected chi connectivity index (χ3v) is 2.08. The summed E-state index contributed by atoms with van der Waals surface area (Å²) in [5.74, 6) is 0.0982. The maximum Gasteiger partial charge on any atom is 0.313 e. The van der Waals surface area contributed by atoms with Crippen molar-refractivity contribution in [3.05, 3.63) is 17.0 Å². The topological polar surface area (TPSA) is 52.3 Å². The fourth-order valence-electron chi connectivity index (χ4n) is 1.40. The highest BCUT2D eigenvalue weighted by atomic mass is 16.5. The monoisotopic (exact) mass is 183 g/mol. The Labute approximate surface area is 76.9 Å². The normalized spacial score (nSPS) is 12.6. The molecule has 0 fully saturated rings. The van der Waals surface area contributed by atoms with Crippen molar-refractivity contribution in [1.29, 1.82) is 0 Å². The van der Waals surface area contributed by atoms with Crippen LogP contribution in [-0.4, -0.2) is 18.2 Å². The Kier molecular flexibility index (Phi) is 2.70. The van der Waals surface area contributed by atoms with Crippen LogP contribution in [0, 0.1) is 13.8 Å². The van der Waals surface area contributed by atoms with Gasteiger partial charge >= 0.3 is 5.97 Å². The van der Waals surface area contributed by atoms with E-state index < -0.39 is 0 Å². The molecular weight excluding hydrogens is 170 g/mol. The molecule has 0 aromatic carbocycles. The number of aromatic nitrogens is 1. The quantitative estimate of drug-likeness (QED) is 0.653. The van der Waals surface area contributed by atoms with Gasteiger partial charge in [0, 0.05) is 5.56 Å². The molecule has 4 nitrogen and oxygen atoms in total. The van der Waals surface area contributed by atoms with Gasteiger partial charge in [-0.3, -0.25) is 4.79 Å². The second-order valence-corrected chi connectivity index (χ2v) is 2.98.